The molecule has 6 nitrogen and oxygen atoms in total. The Labute approximate surface area is 162 Å². The van der Waals surface area contributed by atoms with E-state index in [4.69, 9.17) is 14.2 Å². The fourth-order valence-corrected chi connectivity index (χ4v) is 2.06. The number of aliphatic imine (C=N–C) groups is 1. The average molecular weight is 451 g/mol. The molecule has 0 aliphatic rings. The van der Waals surface area contributed by atoms with Crippen molar-refractivity contribution in [3.8, 4) is 17.2 Å². The van der Waals surface area contributed by atoms with Crippen LogP contribution in [0.5, 0.6) is 17.2 Å². The lowest BCUT2D eigenvalue weighted by molar-refractivity contribution is 0.322. The summed E-state index contributed by atoms with van der Waals surface area (Å²) in [6.45, 7) is 7.03. The lowest BCUT2D eigenvalue weighted by Crippen LogP contribution is -2.43. The van der Waals surface area contributed by atoms with Crippen LogP contribution in [-0.4, -0.2) is 40.4 Å². The van der Waals surface area contributed by atoms with Gasteiger partial charge in [-0.3, -0.25) is 4.99 Å². The highest BCUT2D eigenvalue weighted by Crippen LogP contribution is 2.39. The molecular formula is C17H30IN3O3. The van der Waals surface area contributed by atoms with Crippen molar-refractivity contribution in [2.75, 3.05) is 28.4 Å². The Hall–Kier alpha value is -1.38. The summed E-state index contributed by atoms with van der Waals surface area (Å²) >= 11 is 0. The van der Waals surface area contributed by atoms with Gasteiger partial charge in [0.25, 0.3) is 0 Å². The predicted octanol–water partition coefficient (Wildman–Crippen LogP) is 3.04. The summed E-state index contributed by atoms with van der Waals surface area (Å²) in [5.41, 5.74) is 0.963. The van der Waals surface area contributed by atoms with Gasteiger partial charge in [0.1, 0.15) is 0 Å². The average Bonchev–Trinajstić information content (AvgIpc) is 2.56. The molecule has 0 fully saturated rings. The van der Waals surface area contributed by atoms with Gasteiger partial charge in [-0.25, -0.2) is 0 Å². The highest BCUT2D eigenvalue weighted by atomic mass is 127. The summed E-state index contributed by atoms with van der Waals surface area (Å²) in [5.74, 6) is 3.16. The number of guanidine groups is 1. The van der Waals surface area contributed by atoms with Gasteiger partial charge in [0.2, 0.25) is 5.75 Å². The van der Waals surface area contributed by atoms with E-state index in [2.05, 4.69) is 36.4 Å². The minimum Gasteiger partial charge on any atom is -0.493 e. The smallest absolute Gasteiger partial charge is 0.203 e. The van der Waals surface area contributed by atoms with Crippen molar-refractivity contribution < 1.29 is 14.2 Å². The molecule has 0 bridgehead atoms. The Morgan fingerprint density at radius 2 is 1.67 bits per heavy atom. The zero-order valence-electron chi connectivity index (χ0n) is 15.6. The number of rotatable bonds is 7. The number of ether oxygens (including phenoxy) is 3. The van der Waals surface area contributed by atoms with Gasteiger partial charge < -0.3 is 24.8 Å². The SMILES string of the molecule is CN=C(NCc1ccc(OC)c(OC)c1OC)NC(C)C(C)C.I. The molecule has 0 aliphatic carbocycles. The van der Waals surface area contributed by atoms with E-state index < -0.39 is 0 Å². The van der Waals surface area contributed by atoms with Crippen LogP contribution in [0.15, 0.2) is 17.1 Å². The third-order valence-electron chi connectivity index (χ3n) is 3.82. The molecule has 0 radical (unpaired) electrons. The van der Waals surface area contributed by atoms with Crippen LogP contribution < -0.4 is 24.8 Å². The first-order chi connectivity index (χ1) is 11.0. The van der Waals surface area contributed by atoms with E-state index in [-0.39, 0.29) is 24.0 Å². The second-order valence-electron chi connectivity index (χ2n) is 5.60. The fourth-order valence-electron chi connectivity index (χ4n) is 2.06. The van der Waals surface area contributed by atoms with Gasteiger partial charge in [0.05, 0.1) is 21.3 Å². The largest absolute Gasteiger partial charge is 0.493 e. The first kappa shape index (κ1) is 22.6. The Bertz CT molecular complexity index is 536. The second-order valence-corrected chi connectivity index (χ2v) is 5.60. The molecule has 138 valence electrons. The minimum atomic E-state index is 0. The van der Waals surface area contributed by atoms with Crippen LogP contribution in [0, 0.1) is 5.92 Å². The highest BCUT2D eigenvalue weighted by Gasteiger charge is 2.16. The number of methoxy groups -OCH3 is 3. The summed E-state index contributed by atoms with van der Waals surface area (Å²) < 4.78 is 16.2. The highest BCUT2D eigenvalue weighted by molar-refractivity contribution is 14.0. The molecule has 0 saturated carbocycles. The van der Waals surface area contributed by atoms with Crippen LogP contribution in [0.25, 0.3) is 0 Å². The lowest BCUT2D eigenvalue weighted by atomic mass is 10.1. The Kier molecular flexibility index (Phi) is 10.6. The van der Waals surface area contributed by atoms with Crippen molar-refractivity contribution in [3.63, 3.8) is 0 Å². The van der Waals surface area contributed by atoms with E-state index in [1.54, 1.807) is 28.4 Å². The van der Waals surface area contributed by atoms with Crippen LogP contribution in [-0.2, 0) is 6.54 Å². The molecular weight excluding hydrogens is 421 g/mol. The van der Waals surface area contributed by atoms with Crippen LogP contribution in [0.1, 0.15) is 26.3 Å². The van der Waals surface area contributed by atoms with Crippen LogP contribution >= 0.6 is 24.0 Å². The van der Waals surface area contributed by atoms with Crippen molar-refractivity contribution >= 4 is 29.9 Å². The van der Waals surface area contributed by atoms with Crippen LogP contribution in [0.3, 0.4) is 0 Å². The molecule has 1 aromatic carbocycles. The molecule has 0 saturated heterocycles. The summed E-state index contributed by atoms with van der Waals surface area (Å²) in [6, 6.07) is 4.14. The van der Waals surface area contributed by atoms with Crippen molar-refractivity contribution in [1.29, 1.82) is 0 Å². The first-order valence-corrected chi connectivity index (χ1v) is 7.73. The maximum absolute atomic E-state index is 5.49. The molecule has 0 amide bonds. The van der Waals surface area contributed by atoms with Gasteiger partial charge in [-0.1, -0.05) is 13.8 Å². The van der Waals surface area contributed by atoms with Gasteiger partial charge in [-0.2, -0.15) is 0 Å². The second kappa shape index (κ2) is 11.2. The number of benzene rings is 1. The molecule has 7 heteroatoms. The van der Waals surface area contributed by atoms with Crippen molar-refractivity contribution in [2.45, 2.75) is 33.4 Å². The van der Waals surface area contributed by atoms with E-state index in [0.717, 1.165) is 11.5 Å². The van der Waals surface area contributed by atoms with Crippen LogP contribution in [0.2, 0.25) is 0 Å². The molecule has 1 atom stereocenters. The minimum absolute atomic E-state index is 0. The zero-order valence-corrected chi connectivity index (χ0v) is 17.9. The molecule has 2 N–H and O–H groups in total. The number of hydrogen-bond acceptors (Lipinski definition) is 4. The van der Waals surface area contributed by atoms with Gasteiger partial charge in [0, 0.05) is 25.2 Å². The quantitative estimate of drug-likeness (QED) is 0.379. The maximum Gasteiger partial charge on any atom is 0.203 e. The molecule has 1 rings (SSSR count). The van der Waals surface area contributed by atoms with Gasteiger partial charge in [0.15, 0.2) is 17.5 Å². The molecule has 0 heterocycles. The number of nitrogens with one attached hydrogen (secondary N) is 2. The topological polar surface area (TPSA) is 64.1 Å². The van der Waals surface area contributed by atoms with Gasteiger partial charge in [-0.05, 0) is 25.0 Å². The first-order valence-electron chi connectivity index (χ1n) is 7.73. The fraction of sp³-hybridized carbons (Fsp3) is 0.588. The van der Waals surface area contributed by atoms with Crippen molar-refractivity contribution in [3.05, 3.63) is 17.7 Å². The monoisotopic (exact) mass is 451 g/mol. The Morgan fingerprint density at radius 1 is 1.04 bits per heavy atom. The van der Waals surface area contributed by atoms with E-state index in [1.165, 1.54) is 0 Å². The molecule has 0 aromatic heterocycles. The number of hydrogen-bond donors (Lipinski definition) is 2. The molecule has 0 spiro atoms. The van der Waals surface area contributed by atoms with Gasteiger partial charge in [-0.15, -0.1) is 24.0 Å². The van der Waals surface area contributed by atoms with Crippen LogP contribution in [0.4, 0.5) is 0 Å². The number of halogens is 1. The van der Waals surface area contributed by atoms with E-state index in [9.17, 15) is 0 Å². The molecule has 1 aromatic rings. The Morgan fingerprint density at radius 3 is 2.12 bits per heavy atom. The van der Waals surface area contributed by atoms with E-state index in [0.29, 0.717) is 35.8 Å². The van der Waals surface area contributed by atoms with E-state index in [1.807, 2.05) is 12.1 Å². The predicted molar refractivity (Wildman–Crippen MR) is 109 cm³/mol. The Balaban J connectivity index is 0.00000529. The molecule has 1 unspecified atom stereocenters. The van der Waals surface area contributed by atoms with Crippen molar-refractivity contribution in [2.24, 2.45) is 10.9 Å². The third-order valence-corrected chi connectivity index (χ3v) is 3.82. The molecule has 24 heavy (non-hydrogen) atoms. The number of nitrogens with zero attached hydrogens (tertiary/aromatic N) is 1. The standard InChI is InChI=1S/C17H29N3O3.HI/c1-11(2)12(3)20-17(18-4)19-10-13-8-9-14(21-5)16(23-7)15(13)22-6;/h8-9,11-12H,10H2,1-7H3,(H2,18,19,20);1H. The van der Waals surface area contributed by atoms with Crippen molar-refractivity contribution in [1.82, 2.24) is 10.6 Å². The normalized spacial score (nSPS) is 12.2. The maximum atomic E-state index is 5.49. The summed E-state index contributed by atoms with van der Waals surface area (Å²) in [7, 11) is 6.58. The third kappa shape index (κ3) is 5.92. The summed E-state index contributed by atoms with van der Waals surface area (Å²) in [5, 5.41) is 6.66. The lowest BCUT2D eigenvalue weighted by Gasteiger charge is -2.21. The summed E-state index contributed by atoms with van der Waals surface area (Å²) in [4.78, 5) is 4.25. The zero-order chi connectivity index (χ0) is 17.4. The molecule has 0 aliphatic heterocycles. The summed E-state index contributed by atoms with van der Waals surface area (Å²) in [6.07, 6.45) is 0. The van der Waals surface area contributed by atoms with Gasteiger partial charge >= 0.3 is 0 Å². The van der Waals surface area contributed by atoms with E-state index >= 15 is 0 Å².